The van der Waals surface area contributed by atoms with E-state index in [9.17, 15) is 70.9 Å². The van der Waals surface area contributed by atoms with Gasteiger partial charge in [0.05, 0.1) is 25.4 Å². The molecule has 0 aromatic heterocycles. The van der Waals surface area contributed by atoms with Crippen LogP contribution in [0.2, 0.25) is 0 Å². The van der Waals surface area contributed by atoms with Crippen LogP contribution in [0.3, 0.4) is 0 Å². The predicted octanol–water partition coefficient (Wildman–Crippen LogP) is -0.695. The van der Waals surface area contributed by atoms with Gasteiger partial charge in [-0.25, -0.2) is 9.59 Å². The zero-order chi connectivity index (χ0) is 47.4. The van der Waals surface area contributed by atoms with Gasteiger partial charge in [-0.1, -0.05) is 36.4 Å². The molecule has 2 saturated heterocycles. The molecule has 352 valence electrons. The van der Waals surface area contributed by atoms with Crippen LogP contribution in [0.1, 0.15) is 22.3 Å². The van der Waals surface area contributed by atoms with E-state index >= 15 is 0 Å². The van der Waals surface area contributed by atoms with Crippen molar-refractivity contribution in [3.63, 3.8) is 0 Å². The number of aliphatic hydroxyl groups excluding tert-OH is 9. The summed E-state index contributed by atoms with van der Waals surface area (Å²) in [6, 6.07) is 20.8. The van der Waals surface area contributed by atoms with E-state index in [-0.39, 0.29) is 47.3 Å². The highest BCUT2D eigenvalue weighted by molar-refractivity contribution is 5.95. The monoisotopic (exact) mass is 920 g/mol. The minimum atomic E-state index is -1.64. The van der Waals surface area contributed by atoms with E-state index in [1.165, 1.54) is 60.7 Å². The Labute approximate surface area is 375 Å². The normalized spacial score (nSPS) is 31.5. The molecule has 4 heterocycles. The summed E-state index contributed by atoms with van der Waals surface area (Å²) in [6.45, 7) is -1.22. The van der Waals surface area contributed by atoms with Crippen LogP contribution in [0, 0.1) is 0 Å². The van der Waals surface area contributed by atoms with Crippen molar-refractivity contribution in [1.29, 1.82) is 0 Å². The number of phenolic OH excluding ortho intramolecular Hbond substituents is 3. The van der Waals surface area contributed by atoms with Gasteiger partial charge in [0.25, 0.3) is 0 Å². The van der Waals surface area contributed by atoms with Crippen LogP contribution in [-0.2, 0) is 36.6 Å². The van der Waals surface area contributed by atoms with Crippen molar-refractivity contribution in [3.05, 3.63) is 119 Å². The maximum absolute atomic E-state index is 12.6. The number of benzene rings is 4. The number of rotatable bonds is 8. The maximum Gasteiger partial charge on any atom is 0.336 e. The summed E-state index contributed by atoms with van der Waals surface area (Å²) in [5.41, 5.74) is 2.79. The molecule has 0 saturated carbocycles. The summed E-state index contributed by atoms with van der Waals surface area (Å²) in [7, 11) is 0. The van der Waals surface area contributed by atoms with E-state index < -0.39 is 98.8 Å². The lowest BCUT2D eigenvalue weighted by Crippen LogP contribution is -2.60. The maximum atomic E-state index is 12.6. The molecule has 9 unspecified atom stereocenters. The molecule has 8 rings (SSSR count). The molecule has 0 spiro atoms. The van der Waals surface area contributed by atoms with Gasteiger partial charge in [0.15, 0.2) is 6.29 Å². The SMILES string of the molecule is O=C1/C=C(/c2ccc(O)cc2)[C@@H](OC2OC(CO)C(O)C(O)C2O)Cc2ccc(O)cc2O1.O=C1/C=C(/c2ccc(O)cc2)[C@H](O)Cc2ccc(O[C@@H]3OC(CO)C(O)C(O)C3O)cc2O1. The van der Waals surface area contributed by atoms with Crippen LogP contribution in [0.4, 0.5) is 0 Å². The van der Waals surface area contributed by atoms with E-state index in [1.54, 1.807) is 36.4 Å². The van der Waals surface area contributed by atoms with E-state index in [4.69, 9.17) is 28.4 Å². The molecule has 2 fully saturated rings. The summed E-state index contributed by atoms with van der Waals surface area (Å²) in [5, 5.41) is 119. The number of carbonyl (C=O) groups excluding carboxylic acids is 2. The molecule has 0 radical (unpaired) electrons. The summed E-state index contributed by atoms with van der Waals surface area (Å²) >= 11 is 0. The fourth-order valence-electron chi connectivity index (χ4n) is 7.64. The van der Waals surface area contributed by atoms with Crippen LogP contribution in [0.15, 0.2) is 97.1 Å². The smallest absolute Gasteiger partial charge is 0.336 e. The molecule has 4 aliphatic rings. The molecule has 66 heavy (non-hydrogen) atoms. The average molecular weight is 921 g/mol. The van der Waals surface area contributed by atoms with Gasteiger partial charge in [0.1, 0.15) is 83.3 Å². The third kappa shape index (κ3) is 10.8. The van der Waals surface area contributed by atoms with Gasteiger partial charge in [0.2, 0.25) is 6.29 Å². The first kappa shape index (κ1) is 48.0. The van der Waals surface area contributed by atoms with E-state index in [1.807, 2.05) is 0 Å². The highest BCUT2D eigenvalue weighted by Gasteiger charge is 2.46. The minimum absolute atomic E-state index is 0.0139. The first-order valence-corrected chi connectivity index (χ1v) is 20.5. The van der Waals surface area contributed by atoms with Crippen molar-refractivity contribution in [2.45, 2.75) is 86.5 Å². The lowest BCUT2D eigenvalue weighted by molar-refractivity contribution is -0.306. The van der Waals surface area contributed by atoms with E-state index in [0.717, 1.165) is 0 Å². The Balaban J connectivity index is 0.000000196. The van der Waals surface area contributed by atoms with Gasteiger partial charge in [-0.15, -0.1) is 0 Å². The van der Waals surface area contributed by atoms with Crippen LogP contribution in [0.5, 0.6) is 34.5 Å². The number of esters is 2. The third-order valence-electron chi connectivity index (χ3n) is 11.2. The van der Waals surface area contributed by atoms with E-state index in [0.29, 0.717) is 33.4 Å². The fourth-order valence-corrected chi connectivity index (χ4v) is 7.64. The molecule has 0 bridgehead atoms. The lowest BCUT2D eigenvalue weighted by Gasteiger charge is -2.41. The van der Waals surface area contributed by atoms with Gasteiger partial charge >= 0.3 is 11.9 Å². The van der Waals surface area contributed by atoms with Gasteiger partial charge in [-0.2, -0.15) is 0 Å². The summed E-state index contributed by atoms with van der Waals surface area (Å²) in [5.74, 6) is -1.12. The second-order valence-corrected chi connectivity index (χ2v) is 15.8. The molecule has 20 heteroatoms. The molecule has 12 atom stereocenters. The molecule has 20 nitrogen and oxygen atoms in total. The second-order valence-electron chi connectivity index (χ2n) is 15.8. The first-order chi connectivity index (χ1) is 31.5. The largest absolute Gasteiger partial charge is 0.508 e. The van der Waals surface area contributed by atoms with Crippen molar-refractivity contribution < 1.29 is 99.3 Å². The van der Waals surface area contributed by atoms with Crippen LogP contribution in [0.25, 0.3) is 11.1 Å². The number of phenols is 3. The number of aliphatic hydroxyl groups is 9. The first-order valence-electron chi connectivity index (χ1n) is 20.5. The van der Waals surface area contributed by atoms with E-state index in [2.05, 4.69) is 0 Å². The van der Waals surface area contributed by atoms with Crippen molar-refractivity contribution in [2.75, 3.05) is 13.2 Å². The number of carbonyl (C=O) groups is 2. The molecule has 0 aliphatic carbocycles. The zero-order valence-corrected chi connectivity index (χ0v) is 34.6. The molecule has 4 aliphatic heterocycles. The van der Waals surface area contributed by atoms with Gasteiger partial charge in [-0.3, -0.25) is 0 Å². The highest BCUT2D eigenvalue weighted by Crippen LogP contribution is 2.36. The van der Waals surface area contributed by atoms with Crippen molar-refractivity contribution >= 4 is 23.1 Å². The molecular formula is C46H48O20. The number of fused-ring (bicyclic) bond motifs is 2. The van der Waals surface area contributed by atoms with Gasteiger partial charge in [-0.05, 0) is 69.8 Å². The number of hydrogen-bond donors (Lipinski definition) is 12. The second kappa shape index (κ2) is 20.7. The summed E-state index contributed by atoms with van der Waals surface area (Å²) in [6.07, 6.45) is -14.0. The quantitative estimate of drug-likeness (QED) is 0.0768. The molecule has 4 aromatic carbocycles. The minimum Gasteiger partial charge on any atom is -0.508 e. The Morgan fingerprint density at radius 1 is 0.515 bits per heavy atom. The standard InChI is InChI=1S/2C23H24O10/c24-10-18-20(28)21(29)22(30)23(33-18)32-17-7-12-3-6-14(26)8-16(12)31-19(27)9-15(17)11-1-4-13(25)5-2-11;24-10-18-20(28)21(29)22(30)23(33-18)31-14-6-3-12-7-16(26)15(9-19(27)32-17(12)8-14)11-1-4-13(25)5-2-11/h1-6,8-9,17-18,20-26,28-30H,7,10H2;1-6,8-9,16,18,20-26,28-30H,7,10H2/b2*15-9-/t17-,18?,20?,21?,22?,23?;16-,18?,20?,21?,22?,23-/m01/s1. The van der Waals surface area contributed by atoms with Gasteiger partial charge < -0.3 is 89.7 Å². The highest BCUT2D eigenvalue weighted by atomic mass is 16.7. The zero-order valence-electron chi connectivity index (χ0n) is 34.6. The molecule has 12 N–H and O–H groups in total. The fraction of sp³-hybridized carbons (Fsp3) is 0.348. The lowest BCUT2D eigenvalue weighted by atomic mass is 9.93. The molecular weight excluding hydrogens is 872 g/mol. The average Bonchev–Trinajstić information content (AvgIpc) is 3.29. The third-order valence-corrected chi connectivity index (χ3v) is 11.2. The summed E-state index contributed by atoms with van der Waals surface area (Å²) in [4.78, 5) is 25.0. The number of ether oxygens (including phenoxy) is 6. The van der Waals surface area contributed by atoms with Crippen molar-refractivity contribution in [2.24, 2.45) is 0 Å². The Kier molecular flexibility index (Phi) is 15.0. The number of aromatic hydroxyl groups is 3. The van der Waals surface area contributed by atoms with Crippen molar-refractivity contribution in [1.82, 2.24) is 0 Å². The Bertz CT molecular complexity index is 2400. The van der Waals surface area contributed by atoms with Crippen LogP contribution >= 0.6 is 0 Å². The Morgan fingerprint density at radius 3 is 1.56 bits per heavy atom. The predicted molar refractivity (Wildman–Crippen MR) is 224 cm³/mol. The van der Waals surface area contributed by atoms with Gasteiger partial charge in [0, 0.05) is 37.1 Å². The van der Waals surface area contributed by atoms with Crippen LogP contribution in [-0.4, -0.2) is 160 Å². The van der Waals surface area contributed by atoms with Crippen LogP contribution < -0.4 is 14.2 Å². The number of hydrogen-bond acceptors (Lipinski definition) is 20. The topological polar surface area (TPSA) is 332 Å². The van der Waals surface area contributed by atoms with Crippen molar-refractivity contribution in [3.8, 4) is 34.5 Å². The Hall–Kier alpha value is -5.98. The molecule has 4 aromatic rings. The molecule has 0 amide bonds. The summed E-state index contributed by atoms with van der Waals surface area (Å²) < 4.78 is 33.2. The Morgan fingerprint density at radius 2 is 0.985 bits per heavy atom.